The van der Waals surface area contributed by atoms with Gasteiger partial charge in [-0.2, -0.15) is 0 Å². The number of sulfonamides is 1. The van der Waals surface area contributed by atoms with E-state index in [2.05, 4.69) is 0 Å². The maximum atomic E-state index is 11.9. The Bertz CT molecular complexity index is 352. The molecular formula is C9H17IN2O3S. The lowest BCUT2D eigenvalue weighted by Crippen LogP contribution is -2.39. The van der Waals surface area contributed by atoms with E-state index in [0.29, 0.717) is 19.3 Å². The van der Waals surface area contributed by atoms with Crippen LogP contribution in [0.1, 0.15) is 32.6 Å². The van der Waals surface area contributed by atoms with Gasteiger partial charge in [0, 0.05) is 13.0 Å². The molecule has 5 nitrogen and oxygen atoms in total. The fraction of sp³-hybridized carbons (Fsp3) is 0.889. The molecule has 16 heavy (non-hydrogen) atoms. The lowest BCUT2D eigenvalue weighted by Gasteiger charge is -2.20. The van der Waals surface area contributed by atoms with Crippen LogP contribution in [0, 0.1) is 0 Å². The van der Waals surface area contributed by atoms with Gasteiger partial charge in [0.1, 0.15) is 0 Å². The van der Waals surface area contributed by atoms with Gasteiger partial charge in [0.15, 0.2) is 0 Å². The van der Waals surface area contributed by atoms with Gasteiger partial charge < -0.3 is 5.73 Å². The van der Waals surface area contributed by atoms with Crippen LogP contribution in [-0.4, -0.2) is 34.5 Å². The molecule has 1 saturated carbocycles. The minimum Gasteiger partial charge on any atom is -0.320 e. The second kappa shape index (κ2) is 5.63. The molecule has 1 aliphatic carbocycles. The number of nitrogens with zero attached hydrogens (tertiary/aromatic N) is 1. The van der Waals surface area contributed by atoms with Crippen LogP contribution in [0.5, 0.6) is 0 Å². The van der Waals surface area contributed by atoms with Gasteiger partial charge in [-0.25, -0.2) is 12.7 Å². The number of halogens is 1. The van der Waals surface area contributed by atoms with Crippen molar-refractivity contribution in [2.24, 2.45) is 5.73 Å². The van der Waals surface area contributed by atoms with E-state index in [9.17, 15) is 13.2 Å². The van der Waals surface area contributed by atoms with Crippen LogP contribution in [0.4, 0.5) is 0 Å². The van der Waals surface area contributed by atoms with E-state index >= 15 is 0 Å². The molecule has 0 aliphatic heterocycles. The van der Waals surface area contributed by atoms with Gasteiger partial charge in [-0.1, -0.05) is 22.6 Å². The first kappa shape index (κ1) is 14.2. The zero-order valence-corrected chi connectivity index (χ0v) is 12.2. The summed E-state index contributed by atoms with van der Waals surface area (Å²) in [4.78, 5) is 11.7. The third-order valence-corrected chi connectivity index (χ3v) is 5.47. The molecule has 0 aromatic rings. The molecule has 0 unspecified atom stereocenters. The summed E-state index contributed by atoms with van der Waals surface area (Å²) in [5.74, 6) is -0.332. The van der Waals surface area contributed by atoms with E-state index in [0.717, 1.165) is 4.31 Å². The molecule has 1 rings (SSSR count). The second-order valence-corrected chi connectivity index (χ2v) is 7.59. The van der Waals surface area contributed by atoms with Crippen molar-refractivity contribution in [3.8, 4) is 0 Å². The molecule has 94 valence electrons. The molecule has 1 amide bonds. The Morgan fingerprint density at radius 1 is 1.56 bits per heavy atom. The summed E-state index contributed by atoms with van der Waals surface area (Å²) in [5.41, 5.74) is 5.53. The van der Waals surface area contributed by atoms with Crippen molar-refractivity contribution in [2.45, 2.75) is 41.9 Å². The number of nitrogens with two attached hydrogens (primary N) is 1. The fourth-order valence-electron chi connectivity index (χ4n) is 1.43. The summed E-state index contributed by atoms with van der Waals surface area (Å²) in [6.45, 7) is 1.90. The van der Waals surface area contributed by atoms with Crippen LogP contribution >= 0.6 is 22.6 Å². The van der Waals surface area contributed by atoms with E-state index in [4.69, 9.17) is 5.73 Å². The largest absolute Gasteiger partial charge is 0.320 e. The predicted molar refractivity (Wildman–Crippen MR) is 70.6 cm³/mol. The Balaban J connectivity index is 2.63. The molecule has 0 heterocycles. The predicted octanol–water partition coefficient (Wildman–Crippen LogP) is 0.827. The van der Waals surface area contributed by atoms with Crippen molar-refractivity contribution in [3.63, 3.8) is 0 Å². The maximum absolute atomic E-state index is 11.9. The van der Waals surface area contributed by atoms with Crippen LogP contribution in [0.15, 0.2) is 0 Å². The van der Waals surface area contributed by atoms with Gasteiger partial charge in [0.2, 0.25) is 15.9 Å². The number of hydrogen-bond acceptors (Lipinski definition) is 4. The molecule has 2 N–H and O–H groups in total. The van der Waals surface area contributed by atoms with E-state index in [1.807, 2.05) is 22.6 Å². The minimum atomic E-state index is -3.38. The lowest BCUT2D eigenvalue weighted by molar-refractivity contribution is -0.126. The average Bonchev–Trinajstić information content (AvgIpc) is 2.98. The van der Waals surface area contributed by atoms with Gasteiger partial charge in [-0.05, 0) is 26.2 Å². The first-order valence-electron chi connectivity index (χ1n) is 5.33. The number of amides is 1. The van der Waals surface area contributed by atoms with E-state index in [1.165, 1.54) is 0 Å². The van der Waals surface area contributed by atoms with Crippen LogP contribution < -0.4 is 5.73 Å². The first-order valence-corrected chi connectivity index (χ1v) is 8.08. The quantitative estimate of drug-likeness (QED) is 0.432. The van der Waals surface area contributed by atoms with Crippen molar-refractivity contribution in [3.05, 3.63) is 0 Å². The number of carbonyl (C=O) groups excluding carboxylic acids is 1. The Kier molecular flexibility index (Phi) is 4.99. The van der Waals surface area contributed by atoms with Crippen molar-refractivity contribution in [1.82, 2.24) is 4.31 Å². The average molecular weight is 360 g/mol. The van der Waals surface area contributed by atoms with Crippen molar-refractivity contribution >= 4 is 38.5 Å². The molecule has 0 spiro atoms. The maximum Gasteiger partial charge on any atom is 0.240 e. The fourth-order valence-corrected chi connectivity index (χ4v) is 3.57. The summed E-state index contributed by atoms with van der Waals surface area (Å²) in [6.07, 6.45) is 2.07. The van der Waals surface area contributed by atoms with Gasteiger partial charge in [-0.3, -0.25) is 4.79 Å². The third kappa shape index (κ3) is 3.56. The summed E-state index contributed by atoms with van der Waals surface area (Å²) in [7, 11) is -3.38. The molecule has 0 aromatic heterocycles. The lowest BCUT2D eigenvalue weighted by atomic mass is 10.3. The van der Waals surface area contributed by atoms with Crippen molar-refractivity contribution in [2.75, 3.05) is 6.54 Å². The van der Waals surface area contributed by atoms with Gasteiger partial charge in [-0.15, -0.1) is 0 Å². The highest BCUT2D eigenvalue weighted by molar-refractivity contribution is 14.1. The highest BCUT2D eigenvalue weighted by Gasteiger charge is 2.41. The summed E-state index contributed by atoms with van der Waals surface area (Å²) < 4.78 is 24.7. The van der Waals surface area contributed by atoms with E-state index < -0.39 is 10.0 Å². The molecular weight excluding hydrogens is 343 g/mol. The van der Waals surface area contributed by atoms with E-state index in [-0.39, 0.29) is 28.2 Å². The van der Waals surface area contributed by atoms with Crippen LogP contribution in [0.25, 0.3) is 0 Å². The molecule has 0 bridgehead atoms. The molecule has 7 heteroatoms. The monoisotopic (exact) mass is 360 g/mol. The topological polar surface area (TPSA) is 80.5 Å². The SMILES string of the molecule is CCN(C(=O)CC[C@H](N)I)S(=O)(=O)C1CC1. The van der Waals surface area contributed by atoms with Crippen LogP contribution in [0.2, 0.25) is 0 Å². The zero-order chi connectivity index (χ0) is 12.3. The molecule has 1 aliphatic rings. The number of hydrogen-bond donors (Lipinski definition) is 1. The Labute approximate surface area is 110 Å². The highest BCUT2D eigenvalue weighted by atomic mass is 127. The van der Waals surface area contributed by atoms with Crippen LogP contribution in [-0.2, 0) is 14.8 Å². The standard InChI is InChI=1S/C9H17IN2O3S/c1-2-12(9(13)6-5-8(10)11)16(14,15)7-3-4-7/h7-8H,2-6,11H2,1H3/t8-/m0/s1. The molecule has 0 radical (unpaired) electrons. The van der Waals surface area contributed by atoms with Gasteiger partial charge in [0.05, 0.1) is 9.30 Å². The Hall–Kier alpha value is 0.110. The Morgan fingerprint density at radius 2 is 2.12 bits per heavy atom. The molecule has 0 saturated heterocycles. The summed E-state index contributed by atoms with van der Waals surface area (Å²) in [5, 5.41) is -0.329. The molecule has 0 aromatic carbocycles. The smallest absolute Gasteiger partial charge is 0.240 e. The van der Waals surface area contributed by atoms with Crippen molar-refractivity contribution < 1.29 is 13.2 Å². The van der Waals surface area contributed by atoms with E-state index in [1.54, 1.807) is 6.92 Å². The normalized spacial score (nSPS) is 18.2. The summed E-state index contributed by atoms with van der Waals surface area (Å²) in [6, 6.07) is 0. The number of rotatable bonds is 6. The molecule has 1 fully saturated rings. The number of carbonyl (C=O) groups is 1. The van der Waals surface area contributed by atoms with Gasteiger partial charge in [0.25, 0.3) is 0 Å². The zero-order valence-electron chi connectivity index (χ0n) is 9.23. The second-order valence-electron chi connectivity index (χ2n) is 3.86. The van der Waals surface area contributed by atoms with Crippen LogP contribution in [0.3, 0.4) is 0 Å². The first-order chi connectivity index (χ1) is 7.39. The summed E-state index contributed by atoms with van der Waals surface area (Å²) >= 11 is 2.02. The molecule has 1 atom stereocenters. The third-order valence-electron chi connectivity index (χ3n) is 2.45. The van der Waals surface area contributed by atoms with Crippen molar-refractivity contribution in [1.29, 1.82) is 0 Å². The van der Waals surface area contributed by atoms with Gasteiger partial charge >= 0.3 is 0 Å². The highest BCUT2D eigenvalue weighted by Crippen LogP contribution is 2.31. The Morgan fingerprint density at radius 3 is 2.50 bits per heavy atom. The minimum absolute atomic E-state index is 0.108. The number of alkyl halides is 1.